The van der Waals surface area contributed by atoms with Crippen molar-refractivity contribution in [1.82, 2.24) is 4.98 Å². The van der Waals surface area contributed by atoms with Gasteiger partial charge in [0, 0.05) is 25.4 Å². The fourth-order valence-corrected chi connectivity index (χ4v) is 1.20. The molecule has 0 aliphatic carbocycles. The summed E-state index contributed by atoms with van der Waals surface area (Å²) < 4.78 is 0. The first-order chi connectivity index (χ1) is 8.56. The molecule has 0 saturated heterocycles. The molecule has 10 heteroatoms. The number of nitrogens with one attached hydrogen (secondary N) is 1. The number of aromatic nitrogens is 1. The van der Waals surface area contributed by atoms with Crippen LogP contribution in [0.25, 0.3) is 0 Å². The van der Waals surface area contributed by atoms with E-state index >= 15 is 0 Å². The topological polar surface area (TPSA) is 137 Å². The summed E-state index contributed by atoms with van der Waals surface area (Å²) in [7, 11) is 0. The number of hydrogen-bond donors (Lipinski definition) is 3. The molecule has 0 aliphatic rings. The van der Waals surface area contributed by atoms with E-state index in [-0.39, 0.29) is 41.9 Å². The smallest absolute Gasteiger partial charge is 0.312 e. The van der Waals surface area contributed by atoms with Crippen LogP contribution in [0.1, 0.15) is 10.4 Å². The monoisotopic (exact) mass is 323 g/mol. The lowest BCUT2D eigenvalue weighted by Crippen LogP contribution is -2.13. The minimum atomic E-state index is -0.764. The van der Waals surface area contributed by atoms with E-state index in [0.717, 1.165) is 6.07 Å². The lowest BCUT2D eigenvalue weighted by atomic mass is 10.2. The minimum Gasteiger partial charge on any atom is -0.366 e. The summed E-state index contributed by atoms with van der Waals surface area (Å²) in [5.41, 5.74) is 9.97. The second-order valence-electron chi connectivity index (χ2n) is 3.30. The summed E-state index contributed by atoms with van der Waals surface area (Å²) in [6, 6.07) is 1.09. The Bertz CT molecular complexity index is 496. The second kappa shape index (κ2) is 9.96. The van der Waals surface area contributed by atoms with Gasteiger partial charge in [0.25, 0.3) is 5.91 Å². The van der Waals surface area contributed by atoms with Gasteiger partial charge >= 0.3 is 5.69 Å². The predicted molar refractivity (Wildman–Crippen MR) is 80.6 cm³/mol. The summed E-state index contributed by atoms with van der Waals surface area (Å²) in [6.45, 7) is 0.735. The molecule has 8 nitrogen and oxygen atoms in total. The molecule has 0 atom stereocenters. The number of carbonyl (C=O) groups is 1. The lowest BCUT2D eigenvalue weighted by Gasteiger charge is -2.04. The van der Waals surface area contributed by atoms with Crippen LogP contribution in [0.4, 0.5) is 11.5 Å². The molecule has 112 valence electrons. The fraction of sp³-hybridized carbons (Fsp3) is 0.200. The Balaban J connectivity index is 0. The average molecular weight is 324 g/mol. The van der Waals surface area contributed by atoms with Crippen LogP contribution in [0.2, 0.25) is 0 Å². The molecular formula is C10H15Cl2N5O3. The molecule has 1 aromatic rings. The van der Waals surface area contributed by atoms with Gasteiger partial charge in [0.1, 0.15) is 0 Å². The molecule has 0 spiro atoms. The van der Waals surface area contributed by atoms with Gasteiger partial charge in [-0.3, -0.25) is 14.9 Å². The van der Waals surface area contributed by atoms with Crippen LogP contribution >= 0.6 is 24.8 Å². The van der Waals surface area contributed by atoms with Crippen LogP contribution in [0, 0.1) is 10.1 Å². The van der Waals surface area contributed by atoms with E-state index in [1.54, 1.807) is 12.2 Å². The Labute approximate surface area is 127 Å². The van der Waals surface area contributed by atoms with E-state index in [0.29, 0.717) is 13.1 Å². The Kier molecular flexibility index (Phi) is 10.2. The summed E-state index contributed by atoms with van der Waals surface area (Å²) in [4.78, 5) is 24.9. The third-order valence-electron chi connectivity index (χ3n) is 2.04. The standard InChI is InChI=1S/C10H13N5O3.2ClH/c11-3-1-2-4-13-10-8(15(17)18)5-7(6-14-10)9(12)16;;/h1-2,5-6H,3-4,11H2,(H2,12,16)(H,13,14);2*1H/b2-1+;;. The molecule has 1 aromatic heterocycles. The Morgan fingerprint density at radius 2 is 2.10 bits per heavy atom. The molecule has 1 amide bonds. The molecule has 0 aliphatic heterocycles. The number of pyridine rings is 1. The second-order valence-corrected chi connectivity index (χ2v) is 3.30. The van der Waals surface area contributed by atoms with E-state index in [1.165, 1.54) is 6.20 Å². The van der Waals surface area contributed by atoms with E-state index in [9.17, 15) is 14.9 Å². The first kappa shape index (κ1) is 20.4. The van der Waals surface area contributed by atoms with Crippen LogP contribution in [-0.2, 0) is 0 Å². The van der Waals surface area contributed by atoms with Gasteiger partial charge < -0.3 is 16.8 Å². The number of amides is 1. The highest BCUT2D eigenvalue weighted by molar-refractivity contribution is 5.93. The molecule has 0 bridgehead atoms. The molecule has 5 N–H and O–H groups in total. The first-order valence-corrected chi connectivity index (χ1v) is 5.09. The normalized spacial score (nSPS) is 9.45. The number of nitrogens with two attached hydrogens (primary N) is 2. The maximum absolute atomic E-state index is 10.9. The van der Waals surface area contributed by atoms with E-state index in [2.05, 4.69) is 10.3 Å². The number of anilines is 1. The highest BCUT2D eigenvalue weighted by Gasteiger charge is 2.17. The van der Waals surface area contributed by atoms with Gasteiger partial charge in [-0.05, 0) is 0 Å². The van der Waals surface area contributed by atoms with Crippen molar-refractivity contribution in [3.63, 3.8) is 0 Å². The van der Waals surface area contributed by atoms with Gasteiger partial charge in [0.15, 0.2) is 0 Å². The van der Waals surface area contributed by atoms with Crippen molar-refractivity contribution >= 4 is 42.2 Å². The Hall–Kier alpha value is -1.90. The van der Waals surface area contributed by atoms with Crippen LogP contribution in [-0.4, -0.2) is 28.9 Å². The Morgan fingerprint density at radius 1 is 1.45 bits per heavy atom. The fourth-order valence-electron chi connectivity index (χ4n) is 1.20. The van der Waals surface area contributed by atoms with Crippen LogP contribution < -0.4 is 16.8 Å². The van der Waals surface area contributed by atoms with Gasteiger partial charge in [-0.2, -0.15) is 0 Å². The highest BCUT2D eigenvalue weighted by Crippen LogP contribution is 2.22. The van der Waals surface area contributed by atoms with E-state index in [4.69, 9.17) is 11.5 Å². The number of carbonyl (C=O) groups excluding carboxylic acids is 1. The van der Waals surface area contributed by atoms with Gasteiger partial charge in [0.2, 0.25) is 5.82 Å². The van der Waals surface area contributed by atoms with Crippen molar-refractivity contribution in [2.75, 3.05) is 18.4 Å². The number of nitro groups is 1. The molecule has 1 heterocycles. The van der Waals surface area contributed by atoms with Crippen LogP contribution in [0.3, 0.4) is 0 Å². The van der Waals surface area contributed by atoms with Crippen molar-refractivity contribution in [3.05, 3.63) is 40.1 Å². The lowest BCUT2D eigenvalue weighted by molar-refractivity contribution is -0.384. The van der Waals surface area contributed by atoms with Crippen LogP contribution in [0.15, 0.2) is 24.4 Å². The summed E-state index contributed by atoms with van der Waals surface area (Å²) in [6.07, 6.45) is 4.61. The summed E-state index contributed by atoms with van der Waals surface area (Å²) in [5.74, 6) is -0.688. The van der Waals surface area contributed by atoms with Crippen molar-refractivity contribution in [2.24, 2.45) is 11.5 Å². The first-order valence-electron chi connectivity index (χ1n) is 5.09. The summed E-state index contributed by atoms with van der Waals surface area (Å²) in [5, 5.41) is 13.6. The quantitative estimate of drug-likeness (QED) is 0.403. The highest BCUT2D eigenvalue weighted by atomic mass is 35.5. The van der Waals surface area contributed by atoms with E-state index in [1.807, 2.05) is 0 Å². The zero-order valence-corrected chi connectivity index (χ0v) is 11.9. The zero-order chi connectivity index (χ0) is 13.5. The summed E-state index contributed by atoms with van der Waals surface area (Å²) >= 11 is 0. The van der Waals surface area contributed by atoms with Crippen molar-refractivity contribution < 1.29 is 9.72 Å². The van der Waals surface area contributed by atoms with E-state index < -0.39 is 10.8 Å². The van der Waals surface area contributed by atoms with Gasteiger partial charge in [0.05, 0.1) is 10.5 Å². The van der Waals surface area contributed by atoms with Crippen LogP contribution in [0.5, 0.6) is 0 Å². The maximum atomic E-state index is 10.9. The molecule has 0 unspecified atom stereocenters. The molecule has 1 rings (SSSR count). The third kappa shape index (κ3) is 5.83. The molecule has 0 saturated carbocycles. The average Bonchev–Trinajstić information content (AvgIpc) is 2.34. The number of rotatable bonds is 6. The van der Waals surface area contributed by atoms with Crippen molar-refractivity contribution in [1.29, 1.82) is 0 Å². The van der Waals surface area contributed by atoms with Gasteiger partial charge in [-0.15, -0.1) is 24.8 Å². The number of primary amides is 1. The SMILES string of the molecule is Cl.Cl.NC/C=C/CNc1ncc(C(N)=O)cc1[N+](=O)[O-]. The minimum absolute atomic E-state index is 0. The predicted octanol–water partition coefficient (Wildman–Crippen LogP) is 0.859. The molecular weight excluding hydrogens is 309 g/mol. The molecule has 20 heavy (non-hydrogen) atoms. The van der Waals surface area contributed by atoms with Crippen molar-refractivity contribution in [2.45, 2.75) is 0 Å². The maximum Gasteiger partial charge on any atom is 0.312 e. The number of hydrogen-bond acceptors (Lipinski definition) is 6. The number of nitrogens with zero attached hydrogens (tertiary/aromatic N) is 2. The molecule has 0 radical (unpaired) electrons. The molecule has 0 aromatic carbocycles. The van der Waals surface area contributed by atoms with Gasteiger partial charge in [-0.1, -0.05) is 12.2 Å². The van der Waals surface area contributed by atoms with Gasteiger partial charge in [-0.25, -0.2) is 4.98 Å². The largest absolute Gasteiger partial charge is 0.366 e. The zero-order valence-electron chi connectivity index (χ0n) is 10.3. The third-order valence-corrected chi connectivity index (χ3v) is 2.04. The van der Waals surface area contributed by atoms with Crippen molar-refractivity contribution in [3.8, 4) is 0 Å². The number of halogens is 2. The Morgan fingerprint density at radius 3 is 2.60 bits per heavy atom. The molecule has 0 fully saturated rings.